The summed E-state index contributed by atoms with van der Waals surface area (Å²) in [6.07, 6.45) is 0.391. The summed E-state index contributed by atoms with van der Waals surface area (Å²) in [5, 5.41) is 9.24. The van der Waals surface area contributed by atoms with Gasteiger partial charge in [-0.3, -0.25) is 4.79 Å². The van der Waals surface area contributed by atoms with Crippen LogP contribution in [0.1, 0.15) is 19.4 Å². The van der Waals surface area contributed by atoms with E-state index in [1.165, 1.54) is 0 Å². The third-order valence-electron chi connectivity index (χ3n) is 3.41. The number of carbonyl (C=O) groups excluding carboxylic acids is 1. The molecule has 0 fully saturated rings. The van der Waals surface area contributed by atoms with Crippen LogP contribution in [0.4, 0.5) is 0 Å². The van der Waals surface area contributed by atoms with E-state index < -0.39 is 5.92 Å². The summed E-state index contributed by atoms with van der Waals surface area (Å²) >= 11 is 0. The average molecular weight is 274 g/mol. The molecule has 0 saturated heterocycles. The Morgan fingerprint density at radius 1 is 1.35 bits per heavy atom. The van der Waals surface area contributed by atoms with E-state index in [2.05, 4.69) is 6.07 Å². The highest BCUT2D eigenvalue weighted by molar-refractivity contribution is 5.81. The number of ether oxygens (including phenoxy) is 2. The van der Waals surface area contributed by atoms with Crippen LogP contribution in [0.25, 0.3) is 0 Å². The lowest BCUT2D eigenvalue weighted by atomic mass is 9.99. The number of nitriles is 1. The average Bonchev–Trinajstić information content (AvgIpc) is 2.93. The fourth-order valence-electron chi connectivity index (χ4n) is 2.25. The number of benzene rings is 1. The fraction of sp³-hybridized carbons (Fsp3) is 0.467. The van der Waals surface area contributed by atoms with Gasteiger partial charge in [0.2, 0.25) is 12.7 Å². The van der Waals surface area contributed by atoms with Gasteiger partial charge >= 0.3 is 0 Å². The number of rotatable bonds is 5. The number of hydrogen-bond donors (Lipinski definition) is 0. The lowest BCUT2D eigenvalue weighted by molar-refractivity contribution is -0.133. The SMILES string of the molecule is CCN(CC)C(=O)C(C#N)Cc1ccc2c(c1)OCO2. The van der Waals surface area contributed by atoms with Gasteiger partial charge in [0.05, 0.1) is 6.07 Å². The first-order valence-electron chi connectivity index (χ1n) is 6.76. The van der Waals surface area contributed by atoms with Crippen LogP contribution in [-0.2, 0) is 11.2 Å². The van der Waals surface area contributed by atoms with Gasteiger partial charge in [0, 0.05) is 13.1 Å². The second-order valence-electron chi connectivity index (χ2n) is 4.58. The molecule has 1 aliphatic rings. The maximum atomic E-state index is 12.2. The van der Waals surface area contributed by atoms with Crippen LogP contribution < -0.4 is 9.47 Å². The lowest BCUT2D eigenvalue weighted by Crippen LogP contribution is -2.36. The van der Waals surface area contributed by atoms with Crippen molar-refractivity contribution in [3.8, 4) is 17.6 Å². The summed E-state index contributed by atoms with van der Waals surface area (Å²) < 4.78 is 10.5. The van der Waals surface area contributed by atoms with Gasteiger partial charge < -0.3 is 14.4 Å². The van der Waals surface area contributed by atoms with Crippen molar-refractivity contribution in [2.24, 2.45) is 5.92 Å². The summed E-state index contributed by atoms with van der Waals surface area (Å²) in [6, 6.07) is 7.62. The molecule has 0 N–H and O–H groups in total. The number of nitrogens with zero attached hydrogens (tertiary/aromatic N) is 2. The zero-order valence-electron chi connectivity index (χ0n) is 11.8. The Kier molecular flexibility index (Phi) is 4.46. The van der Waals surface area contributed by atoms with Gasteiger partial charge in [0.15, 0.2) is 11.5 Å². The fourth-order valence-corrected chi connectivity index (χ4v) is 2.25. The minimum atomic E-state index is -0.657. The van der Waals surface area contributed by atoms with Crippen molar-refractivity contribution in [3.05, 3.63) is 23.8 Å². The Morgan fingerprint density at radius 2 is 2.05 bits per heavy atom. The van der Waals surface area contributed by atoms with Crippen molar-refractivity contribution in [2.45, 2.75) is 20.3 Å². The van der Waals surface area contributed by atoms with Gasteiger partial charge in [0.1, 0.15) is 5.92 Å². The van der Waals surface area contributed by atoms with Crippen LogP contribution in [0.15, 0.2) is 18.2 Å². The molecule has 2 rings (SSSR count). The molecule has 0 radical (unpaired) electrons. The first-order valence-corrected chi connectivity index (χ1v) is 6.76. The molecular weight excluding hydrogens is 256 g/mol. The van der Waals surface area contributed by atoms with Crippen LogP contribution in [-0.4, -0.2) is 30.7 Å². The van der Waals surface area contributed by atoms with Crippen LogP contribution in [0.2, 0.25) is 0 Å². The maximum Gasteiger partial charge on any atom is 0.240 e. The van der Waals surface area contributed by atoms with E-state index in [9.17, 15) is 10.1 Å². The predicted molar refractivity (Wildman–Crippen MR) is 73.3 cm³/mol. The van der Waals surface area contributed by atoms with Crippen LogP contribution in [0.5, 0.6) is 11.5 Å². The summed E-state index contributed by atoms with van der Waals surface area (Å²) in [4.78, 5) is 13.9. The van der Waals surface area contributed by atoms with Gasteiger partial charge in [-0.05, 0) is 38.0 Å². The molecule has 5 nitrogen and oxygen atoms in total. The molecule has 1 aromatic rings. The van der Waals surface area contributed by atoms with Crippen LogP contribution >= 0.6 is 0 Å². The molecule has 1 aliphatic heterocycles. The van der Waals surface area contributed by atoms with E-state index in [1.807, 2.05) is 32.0 Å². The zero-order valence-corrected chi connectivity index (χ0v) is 11.8. The van der Waals surface area contributed by atoms with Crippen LogP contribution in [0, 0.1) is 17.2 Å². The quantitative estimate of drug-likeness (QED) is 0.823. The molecule has 1 aromatic carbocycles. The van der Waals surface area contributed by atoms with Gasteiger partial charge in [-0.2, -0.15) is 5.26 Å². The normalized spacial score (nSPS) is 13.7. The number of hydrogen-bond acceptors (Lipinski definition) is 4. The van der Waals surface area contributed by atoms with E-state index in [4.69, 9.17) is 9.47 Å². The number of fused-ring (bicyclic) bond motifs is 1. The molecule has 1 heterocycles. The van der Waals surface area contributed by atoms with Crippen molar-refractivity contribution in [1.29, 1.82) is 5.26 Å². The first-order chi connectivity index (χ1) is 9.69. The van der Waals surface area contributed by atoms with Gasteiger partial charge in [-0.1, -0.05) is 6.07 Å². The Hall–Kier alpha value is -2.22. The molecule has 106 valence electrons. The van der Waals surface area contributed by atoms with Crippen molar-refractivity contribution < 1.29 is 14.3 Å². The van der Waals surface area contributed by atoms with Gasteiger partial charge in [0.25, 0.3) is 0 Å². The largest absolute Gasteiger partial charge is 0.454 e. The molecule has 1 atom stereocenters. The van der Waals surface area contributed by atoms with E-state index >= 15 is 0 Å². The van der Waals surface area contributed by atoms with E-state index in [0.29, 0.717) is 31.0 Å². The second kappa shape index (κ2) is 6.29. The molecule has 0 aliphatic carbocycles. The maximum absolute atomic E-state index is 12.2. The monoisotopic (exact) mass is 274 g/mol. The Bertz CT molecular complexity index is 532. The topological polar surface area (TPSA) is 62.6 Å². The minimum absolute atomic E-state index is 0.116. The highest BCUT2D eigenvalue weighted by Gasteiger charge is 2.23. The second-order valence-corrected chi connectivity index (χ2v) is 4.58. The minimum Gasteiger partial charge on any atom is -0.454 e. The molecular formula is C15H18N2O3. The molecule has 5 heteroatoms. The van der Waals surface area contributed by atoms with E-state index in [-0.39, 0.29) is 12.7 Å². The lowest BCUT2D eigenvalue weighted by Gasteiger charge is -2.21. The summed E-state index contributed by atoms with van der Waals surface area (Å²) in [6.45, 7) is 5.29. The van der Waals surface area contributed by atoms with Crippen molar-refractivity contribution in [3.63, 3.8) is 0 Å². The highest BCUT2D eigenvalue weighted by atomic mass is 16.7. The third kappa shape index (κ3) is 2.85. The summed E-state index contributed by atoms with van der Waals surface area (Å²) in [7, 11) is 0. The predicted octanol–water partition coefficient (Wildman–Crippen LogP) is 1.97. The van der Waals surface area contributed by atoms with E-state index in [1.54, 1.807) is 4.90 Å². The first kappa shape index (κ1) is 14.2. The molecule has 0 aromatic heterocycles. The molecule has 0 saturated carbocycles. The zero-order chi connectivity index (χ0) is 14.5. The van der Waals surface area contributed by atoms with Crippen LogP contribution in [0.3, 0.4) is 0 Å². The van der Waals surface area contributed by atoms with Crippen molar-refractivity contribution >= 4 is 5.91 Å². The van der Waals surface area contributed by atoms with Crippen molar-refractivity contribution in [1.82, 2.24) is 4.90 Å². The molecule has 0 spiro atoms. The smallest absolute Gasteiger partial charge is 0.240 e. The molecule has 1 unspecified atom stereocenters. The van der Waals surface area contributed by atoms with E-state index in [0.717, 1.165) is 5.56 Å². The molecule has 0 bridgehead atoms. The number of carbonyl (C=O) groups is 1. The Balaban J connectivity index is 2.11. The number of amides is 1. The summed E-state index contributed by atoms with van der Waals surface area (Å²) in [5.74, 6) is 0.609. The molecule has 20 heavy (non-hydrogen) atoms. The Morgan fingerprint density at radius 3 is 2.70 bits per heavy atom. The summed E-state index contributed by atoms with van der Waals surface area (Å²) in [5.41, 5.74) is 0.904. The van der Waals surface area contributed by atoms with Gasteiger partial charge in [-0.15, -0.1) is 0 Å². The standard InChI is InChI=1S/C15H18N2O3/c1-3-17(4-2)15(18)12(9-16)7-11-5-6-13-14(8-11)20-10-19-13/h5-6,8,12H,3-4,7,10H2,1-2H3. The van der Waals surface area contributed by atoms with Gasteiger partial charge in [-0.25, -0.2) is 0 Å². The van der Waals surface area contributed by atoms with Crippen molar-refractivity contribution in [2.75, 3.05) is 19.9 Å². The highest BCUT2D eigenvalue weighted by Crippen LogP contribution is 2.33. The molecule has 1 amide bonds. The third-order valence-corrected chi connectivity index (χ3v) is 3.41. The Labute approximate surface area is 118 Å².